The summed E-state index contributed by atoms with van der Waals surface area (Å²) in [5.74, 6) is 5.99. The maximum Gasteiger partial charge on any atom is 0.179 e. The normalized spacial score (nSPS) is 13.5. The van der Waals surface area contributed by atoms with Gasteiger partial charge >= 0.3 is 0 Å². The van der Waals surface area contributed by atoms with E-state index in [2.05, 4.69) is 16.8 Å². The number of nitrogens with zero attached hydrogens (tertiary/aromatic N) is 1. The quantitative estimate of drug-likeness (QED) is 0.729. The maximum absolute atomic E-state index is 11.9. The number of carbonyl (C=O) groups is 1. The molecular formula is C16H12N2O. The largest absolute Gasteiger partial charge is 0.352 e. The molecule has 0 unspecified atom stereocenters. The molecule has 92 valence electrons. The van der Waals surface area contributed by atoms with E-state index in [0.29, 0.717) is 6.42 Å². The molecule has 1 aliphatic rings. The zero-order valence-electron chi connectivity index (χ0n) is 10.4. The van der Waals surface area contributed by atoms with Gasteiger partial charge in [0.15, 0.2) is 5.78 Å². The number of nitriles is 1. The molecule has 1 heterocycles. The maximum atomic E-state index is 11.9. The SMILES string of the molecule is N#CCC#Cc1ccc2[nH]c3c(c2c1)CCCC3=O. The number of Topliss-reactive ketones (excluding diaryl/α,β-unsaturated/α-hetero) is 1. The summed E-state index contributed by atoms with van der Waals surface area (Å²) in [6.07, 6.45) is 2.73. The smallest absolute Gasteiger partial charge is 0.179 e. The first-order chi connectivity index (χ1) is 9.29. The predicted octanol–water partition coefficient (Wildman–Crippen LogP) is 2.95. The van der Waals surface area contributed by atoms with E-state index >= 15 is 0 Å². The van der Waals surface area contributed by atoms with Crippen LogP contribution in [0.5, 0.6) is 0 Å². The molecule has 0 radical (unpaired) electrons. The van der Waals surface area contributed by atoms with E-state index in [-0.39, 0.29) is 12.2 Å². The number of benzene rings is 1. The Balaban J connectivity index is 2.11. The third-order valence-electron chi connectivity index (χ3n) is 3.42. The summed E-state index contributed by atoms with van der Waals surface area (Å²) >= 11 is 0. The first kappa shape index (κ1) is 11.6. The lowest BCUT2D eigenvalue weighted by atomic mass is 9.94. The summed E-state index contributed by atoms with van der Waals surface area (Å²) in [4.78, 5) is 15.1. The lowest BCUT2D eigenvalue weighted by molar-refractivity contribution is 0.0968. The van der Waals surface area contributed by atoms with Crippen LogP contribution in [0, 0.1) is 23.2 Å². The summed E-state index contributed by atoms with van der Waals surface area (Å²) in [7, 11) is 0. The van der Waals surface area contributed by atoms with Gasteiger partial charge in [0.2, 0.25) is 0 Å². The molecule has 0 spiro atoms. The minimum absolute atomic E-state index is 0.203. The number of aryl methyl sites for hydroxylation is 1. The number of ketones is 1. The fourth-order valence-electron chi connectivity index (χ4n) is 2.56. The second kappa shape index (κ2) is 4.63. The Kier molecular flexibility index (Phi) is 2.82. The molecule has 0 saturated heterocycles. The van der Waals surface area contributed by atoms with Crippen molar-refractivity contribution in [3.63, 3.8) is 0 Å². The van der Waals surface area contributed by atoms with Gasteiger partial charge in [0.05, 0.1) is 18.2 Å². The van der Waals surface area contributed by atoms with Crippen molar-refractivity contribution in [2.75, 3.05) is 0 Å². The van der Waals surface area contributed by atoms with E-state index in [1.54, 1.807) is 0 Å². The van der Waals surface area contributed by atoms with Gasteiger partial charge in [-0.05, 0) is 36.6 Å². The zero-order chi connectivity index (χ0) is 13.2. The molecule has 1 N–H and O–H groups in total. The lowest BCUT2D eigenvalue weighted by Gasteiger charge is -2.09. The molecule has 2 aromatic rings. The summed E-state index contributed by atoms with van der Waals surface area (Å²) in [6, 6.07) is 7.88. The van der Waals surface area contributed by atoms with Crippen molar-refractivity contribution in [2.45, 2.75) is 25.7 Å². The fourth-order valence-corrected chi connectivity index (χ4v) is 2.56. The number of nitrogens with one attached hydrogen (secondary N) is 1. The Bertz CT molecular complexity index is 766. The van der Waals surface area contributed by atoms with Crippen LogP contribution in [0.3, 0.4) is 0 Å². The van der Waals surface area contributed by atoms with Crippen molar-refractivity contribution in [1.29, 1.82) is 5.26 Å². The molecule has 0 fully saturated rings. The molecule has 3 rings (SSSR count). The summed E-state index contributed by atoms with van der Waals surface area (Å²) < 4.78 is 0. The van der Waals surface area contributed by atoms with Crippen LogP contribution < -0.4 is 0 Å². The standard InChI is InChI=1S/C16H12N2O/c17-9-2-1-4-11-7-8-14-13(10-11)12-5-3-6-15(19)16(12)18-14/h7-8,10,18H,2-3,5-6H2. The number of fused-ring (bicyclic) bond motifs is 3. The highest BCUT2D eigenvalue weighted by Gasteiger charge is 2.21. The van der Waals surface area contributed by atoms with Crippen LogP contribution in [0.4, 0.5) is 0 Å². The molecule has 0 aliphatic heterocycles. The van der Waals surface area contributed by atoms with E-state index in [9.17, 15) is 4.79 Å². The monoisotopic (exact) mass is 248 g/mol. The van der Waals surface area contributed by atoms with Gasteiger partial charge in [0.1, 0.15) is 0 Å². The summed E-state index contributed by atoms with van der Waals surface area (Å²) in [5.41, 5.74) is 3.77. The predicted molar refractivity (Wildman–Crippen MR) is 72.7 cm³/mol. The molecule has 0 atom stereocenters. The molecule has 19 heavy (non-hydrogen) atoms. The Morgan fingerprint density at radius 2 is 2.21 bits per heavy atom. The number of hydrogen-bond acceptors (Lipinski definition) is 2. The van der Waals surface area contributed by atoms with Crippen molar-refractivity contribution >= 4 is 16.7 Å². The van der Waals surface area contributed by atoms with Gasteiger partial charge in [-0.2, -0.15) is 5.26 Å². The van der Waals surface area contributed by atoms with Gasteiger partial charge in [-0.1, -0.05) is 11.8 Å². The van der Waals surface area contributed by atoms with E-state index in [4.69, 9.17) is 5.26 Å². The van der Waals surface area contributed by atoms with Crippen LogP contribution in [0.25, 0.3) is 10.9 Å². The molecule has 3 nitrogen and oxygen atoms in total. The average molecular weight is 248 g/mol. The Labute approximate surface area is 111 Å². The van der Waals surface area contributed by atoms with E-state index < -0.39 is 0 Å². The van der Waals surface area contributed by atoms with E-state index in [0.717, 1.165) is 40.6 Å². The van der Waals surface area contributed by atoms with Crippen LogP contribution in [-0.4, -0.2) is 10.8 Å². The fraction of sp³-hybridized carbons (Fsp3) is 0.250. The molecule has 0 amide bonds. The van der Waals surface area contributed by atoms with Gasteiger partial charge in [0, 0.05) is 22.9 Å². The van der Waals surface area contributed by atoms with E-state index in [1.165, 1.54) is 0 Å². The number of rotatable bonds is 0. The van der Waals surface area contributed by atoms with Crippen LogP contribution in [0.1, 0.15) is 40.9 Å². The van der Waals surface area contributed by atoms with Crippen LogP contribution in [0.2, 0.25) is 0 Å². The molecular weight excluding hydrogens is 236 g/mol. The van der Waals surface area contributed by atoms with Crippen LogP contribution in [0.15, 0.2) is 18.2 Å². The van der Waals surface area contributed by atoms with Crippen molar-refractivity contribution in [3.8, 4) is 17.9 Å². The number of aromatic nitrogens is 1. The first-order valence-corrected chi connectivity index (χ1v) is 6.33. The molecule has 1 aromatic heterocycles. The second-order valence-electron chi connectivity index (χ2n) is 4.65. The van der Waals surface area contributed by atoms with Crippen molar-refractivity contribution in [3.05, 3.63) is 35.0 Å². The molecule has 0 bridgehead atoms. The third-order valence-corrected chi connectivity index (χ3v) is 3.42. The highest BCUT2D eigenvalue weighted by atomic mass is 16.1. The van der Waals surface area contributed by atoms with Crippen molar-refractivity contribution in [2.24, 2.45) is 0 Å². The minimum Gasteiger partial charge on any atom is -0.352 e. The van der Waals surface area contributed by atoms with Gasteiger partial charge in [-0.3, -0.25) is 4.79 Å². The first-order valence-electron chi connectivity index (χ1n) is 6.33. The summed E-state index contributed by atoms with van der Waals surface area (Å²) in [6.45, 7) is 0. The molecule has 0 saturated carbocycles. The topological polar surface area (TPSA) is 56.6 Å². The lowest BCUT2D eigenvalue weighted by Crippen LogP contribution is -2.09. The zero-order valence-corrected chi connectivity index (χ0v) is 10.4. The molecule has 3 heteroatoms. The highest BCUT2D eigenvalue weighted by Crippen LogP contribution is 2.29. The Morgan fingerprint density at radius 1 is 1.32 bits per heavy atom. The highest BCUT2D eigenvalue weighted by molar-refractivity contribution is 6.03. The van der Waals surface area contributed by atoms with E-state index in [1.807, 2.05) is 24.3 Å². The average Bonchev–Trinajstić information content (AvgIpc) is 2.79. The number of H-pyrrole nitrogens is 1. The Hall–Kier alpha value is -2.52. The number of hydrogen-bond donors (Lipinski definition) is 1. The third kappa shape index (κ3) is 2.00. The van der Waals surface area contributed by atoms with Crippen LogP contribution >= 0.6 is 0 Å². The molecule has 1 aromatic carbocycles. The van der Waals surface area contributed by atoms with Crippen LogP contribution in [-0.2, 0) is 6.42 Å². The van der Waals surface area contributed by atoms with Crippen molar-refractivity contribution in [1.82, 2.24) is 4.98 Å². The van der Waals surface area contributed by atoms with Gasteiger partial charge in [0.25, 0.3) is 0 Å². The van der Waals surface area contributed by atoms with Gasteiger partial charge < -0.3 is 4.98 Å². The number of aromatic amines is 1. The Morgan fingerprint density at radius 3 is 3.05 bits per heavy atom. The van der Waals surface area contributed by atoms with Gasteiger partial charge in [-0.25, -0.2) is 0 Å². The van der Waals surface area contributed by atoms with Crippen molar-refractivity contribution < 1.29 is 4.79 Å². The second-order valence-corrected chi connectivity index (χ2v) is 4.65. The van der Waals surface area contributed by atoms with Gasteiger partial charge in [-0.15, -0.1) is 0 Å². The number of carbonyl (C=O) groups excluding carboxylic acids is 1. The molecule has 1 aliphatic carbocycles. The minimum atomic E-state index is 0.203. The summed E-state index contributed by atoms with van der Waals surface area (Å²) in [5, 5.41) is 9.56.